The van der Waals surface area contributed by atoms with Crippen molar-refractivity contribution in [2.24, 2.45) is 0 Å². The zero-order valence-corrected chi connectivity index (χ0v) is 8.98. The molecule has 0 aliphatic carbocycles. The average molecular weight is 252 g/mol. The molecule has 0 aliphatic heterocycles. The number of esters is 1. The van der Waals surface area contributed by atoms with Crippen LogP contribution in [0.2, 0.25) is 0 Å². The summed E-state index contributed by atoms with van der Waals surface area (Å²) in [7, 11) is 1.11. The molecule has 1 aromatic rings. The number of H-pyrrole nitrogens is 1. The highest BCUT2D eigenvalue weighted by molar-refractivity contribution is 6.17. The number of methoxy groups -OCH3 is 1. The third-order valence-corrected chi connectivity index (χ3v) is 2.18. The van der Waals surface area contributed by atoms with Crippen molar-refractivity contribution in [3.05, 3.63) is 33.2 Å². The van der Waals surface area contributed by atoms with Crippen molar-refractivity contribution in [1.29, 1.82) is 0 Å². The number of rotatable bonds is 3. The first-order valence-electron chi connectivity index (χ1n) is 4.19. The van der Waals surface area contributed by atoms with E-state index in [4.69, 9.17) is 11.6 Å². The summed E-state index contributed by atoms with van der Waals surface area (Å²) in [6.07, 6.45) is -2.94. The minimum absolute atomic E-state index is 0.176. The molecule has 1 rings (SSSR count). The zero-order chi connectivity index (χ0) is 12.3. The van der Waals surface area contributed by atoms with E-state index in [2.05, 4.69) is 9.72 Å². The van der Waals surface area contributed by atoms with E-state index in [0.717, 1.165) is 13.2 Å². The number of carbonyl (C=O) groups excluding carboxylic acids is 1. The summed E-state index contributed by atoms with van der Waals surface area (Å²) in [5.41, 5.74) is -2.04. The smallest absolute Gasteiger partial charge is 0.354 e. The van der Waals surface area contributed by atoms with E-state index >= 15 is 0 Å². The Hall–Kier alpha value is -1.43. The molecule has 1 heterocycles. The number of aromatic nitrogens is 1. The SMILES string of the molecule is COC(=O)c1cc(=O)c(C(F)F)c(CCl)[nH]1. The third-order valence-electron chi connectivity index (χ3n) is 1.91. The van der Waals surface area contributed by atoms with Gasteiger partial charge in [0.25, 0.3) is 6.43 Å². The molecule has 1 N–H and O–H groups in total. The lowest BCUT2D eigenvalue weighted by molar-refractivity contribution is 0.0593. The number of halogens is 3. The maximum absolute atomic E-state index is 12.5. The highest BCUT2D eigenvalue weighted by Crippen LogP contribution is 2.19. The van der Waals surface area contributed by atoms with Gasteiger partial charge in [-0.05, 0) is 0 Å². The molecule has 0 unspecified atom stereocenters. The fourth-order valence-electron chi connectivity index (χ4n) is 1.19. The second kappa shape index (κ2) is 5.07. The van der Waals surface area contributed by atoms with Crippen LogP contribution in [-0.4, -0.2) is 18.1 Å². The number of hydrogen-bond donors (Lipinski definition) is 1. The maximum atomic E-state index is 12.5. The van der Waals surface area contributed by atoms with E-state index in [-0.39, 0.29) is 17.3 Å². The number of carbonyl (C=O) groups is 1. The molecule has 0 radical (unpaired) electrons. The molecule has 0 aromatic carbocycles. The fraction of sp³-hybridized carbons (Fsp3) is 0.333. The number of alkyl halides is 3. The number of nitrogens with one attached hydrogen (secondary N) is 1. The minimum atomic E-state index is -2.94. The molecule has 7 heteroatoms. The van der Waals surface area contributed by atoms with Gasteiger partial charge in [0.1, 0.15) is 5.69 Å². The van der Waals surface area contributed by atoms with Gasteiger partial charge in [-0.3, -0.25) is 4.79 Å². The molecule has 0 atom stereocenters. The van der Waals surface area contributed by atoms with Crippen LogP contribution in [0.3, 0.4) is 0 Å². The molecule has 88 valence electrons. The summed E-state index contributed by atoms with van der Waals surface area (Å²) < 4.78 is 29.3. The van der Waals surface area contributed by atoms with Crippen molar-refractivity contribution in [3.8, 4) is 0 Å². The molecule has 0 fully saturated rings. The molecule has 4 nitrogen and oxygen atoms in total. The van der Waals surface area contributed by atoms with Crippen LogP contribution >= 0.6 is 11.6 Å². The second-order valence-corrected chi connectivity index (χ2v) is 3.13. The molecule has 0 saturated carbocycles. The average Bonchev–Trinajstić information content (AvgIpc) is 2.26. The van der Waals surface area contributed by atoms with Crippen LogP contribution in [0.5, 0.6) is 0 Å². The lowest BCUT2D eigenvalue weighted by Gasteiger charge is -2.07. The van der Waals surface area contributed by atoms with E-state index in [1.54, 1.807) is 0 Å². The predicted octanol–water partition coefficient (Wildman–Crippen LogP) is 1.84. The van der Waals surface area contributed by atoms with Crippen molar-refractivity contribution in [1.82, 2.24) is 4.98 Å². The van der Waals surface area contributed by atoms with Crippen LogP contribution < -0.4 is 5.43 Å². The standard InChI is InChI=1S/C9H8ClF2NO3/c1-16-9(15)4-2-6(14)7(8(11)12)5(3-10)13-4/h2,8H,3H2,1H3,(H,13,14). The Bertz CT molecular complexity index is 459. The Morgan fingerprint density at radius 1 is 1.62 bits per heavy atom. The normalized spacial score (nSPS) is 10.6. The number of hydrogen-bond acceptors (Lipinski definition) is 3. The van der Waals surface area contributed by atoms with E-state index in [1.807, 2.05) is 0 Å². The monoisotopic (exact) mass is 251 g/mol. The van der Waals surface area contributed by atoms with Gasteiger partial charge in [-0.1, -0.05) is 0 Å². The number of ether oxygens (including phenoxy) is 1. The van der Waals surface area contributed by atoms with E-state index < -0.39 is 23.4 Å². The fourth-order valence-corrected chi connectivity index (χ4v) is 1.40. The van der Waals surface area contributed by atoms with Gasteiger partial charge in [-0.2, -0.15) is 0 Å². The summed E-state index contributed by atoms with van der Waals surface area (Å²) in [5, 5.41) is 0. The van der Waals surface area contributed by atoms with Crippen molar-refractivity contribution in [3.63, 3.8) is 0 Å². The van der Waals surface area contributed by atoms with Gasteiger partial charge in [0.15, 0.2) is 5.43 Å². The Morgan fingerprint density at radius 3 is 2.69 bits per heavy atom. The van der Waals surface area contributed by atoms with Gasteiger partial charge >= 0.3 is 5.97 Å². The summed E-state index contributed by atoms with van der Waals surface area (Å²) in [6.45, 7) is 0. The van der Waals surface area contributed by atoms with Gasteiger partial charge in [0, 0.05) is 11.8 Å². The quantitative estimate of drug-likeness (QED) is 0.659. The van der Waals surface area contributed by atoms with Gasteiger partial charge in [0.05, 0.1) is 18.6 Å². The summed E-state index contributed by atoms with van der Waals surface area (Å²) in [5.74, 6) is -1.14. The van der Waals surface area contributed by atoms with E-state index in [9.17, 15) is 18.4 Å². The lowest BCUT2D eigenvalue weighted by Crippen LogP contribution is -2.18. The van der Waals surface area contributed by atoms with Crippen LogP contribution in [-0.2, 0) is 10.6 Å². The van der Waals surface area contributed by atoms with Gasteiger partial charge in [0.2, 0.25) is 0 Å². The summed E-state index contributed by atoms with van der Waals surface area (Å²) >= 11 is 5.41. The molecular weight excluding hydrogens is 244 g/mol. The molecule has 0 amide bonds. The first-order valence-corrected chi connectivity index (χ1v) is 4.73. The van der Waals surface area contributed by atoms with E-state index in [0.29, 0.717) is 0 Å². The first kappa shape index (κ1) is 12.6. The Balaban J connectivity index is 3.38. The third kappa shape index (κ3) is 2.38. The Morgan fingerprint density at radius 2 is 2.25 bits per heavy atom. The number of aromatic amines is 1. The molecule has 1 aromatic heterocycles. The molecule has 0 saturated heterocycles. The summed E-state index contributed by atoms with van der Waals surface area (Å²) in [6, 6.07) is 0.767. The van der Waals surface area contributed by atoms with Gasteiger partial charge in [-0.25, -0.2) is 13.6 Å². The molecular formula is C9H8ClF2NO3. The lowest BCUT2D eigenvalue weighted by atomic mass is 10.2. The Kier molecular flexibility index (Phi) is 4.00. The van der Waals surface area contributed by atoms with Crippen molar-refractivity contribution >= 4 is 17.6 Å². The molecule has 0 bridgehead atoms. The van der Waals surface area contributed by atoms with Gasteiger partial charge < -0.3 is 9.72 Å². The van der Waals surface area contributed by atoms with E-state index in [1.165, 1.54) is 0 Å². The predicted molar refractivity (Wildman–Crippen MR) is 52.9 cm³/mol. The Labute approximate surface area is 94.2 Å². The van der Waals surface area contributed by atoms with Crippen LogP contribution in [0.25, 0.3) is 0 Å². The largest absolute Gasteiger partial charge is 0.464 e. The summed E-state index contributed by atoms with van der Waals surface area (Å²) in [4.78, 5) is 24.8. The highest BCUT2D eigenvalue weighted by atomic mass is 35.5. The molecule has 0 aliphatic rings. The van der Waals surface area contributed by atoms with Crippen molar-refractivity contribution < 1.29 is 18.3 Å². The second-order valence-electron chi connectivity index (χ2n) is 2.87. The number of pyridine rings is 1. The van der Waals surface area contributed by atoms with Crippen LogP contribution in [0.4, 0.5) is 8.78 Å². The highest BCUT2D eigenvalue weighted by Gasteiger charge is 2.20. The van der Waals surface area contributed by atoms with Crippen molar-refractivity contribution in [2.75, 3.05) is 7.11 Å². The molecule has 16 heavy (non-hydrogen) atoms. The zero-order valence-electron chi connectivity index (χ0n) is 8.22. The van der Waals surface area contributed by atoms with Crippen molar-refractivity contribution in [2.45, 2.75) is 12.3 Å². The first-order chi connectivity index (χ1) is 7.51. The van der Waals surface area contributed by atoms with Gasteiger partial charge in [-0.15, -0.1) is 11.6 Å². The van der Waals surface area contributed by atoms with Crippen LogP contribution in [0.1, 0.15) is 28.2 Å². The van der Waals surface area contributed by atoms with Crippen LogP contribution in [0.15, 0.2) is 10.9 Å². The maximum Gasteiger partial charge on any atom is 0.354 e. The van der Waals surface area contributed by atoms with Crippen LogP contribution in [0, 0.1) is 0 Å². The minimum Gasteiger partial charge on any atom is -0.464 e. The topological polar surface area (TPSA) is 59.2 Å². The molecule has 0 spiro atoms.